The summed E-state index contributed by atoms with van der Waals surface area (Å²) in [6.07, 6.45) is -4.54. The van der Waals surface area contributed by atoms with Gasteiger partial charge in [-0.05, 0) is 24.6 Å². The molecule has 1 aromatic rings. The summed E-state index contributed by atoms with van der Waals surface area (Å²) < 4.78 is 58.1. The van der Waals surface area contributed by atoms with Gasteiger partial charge in [0.15, 0.2) is 0 Å². The molecule has 0 fully saturated rings. The zero-order valence-corrected chi connectivity index (χ0v) is 10.6. The number of halogens is 3. The van der Waals surface area contributed by atoms with Gasteiger partial charge in [0.1, 0.15) is 6.54 Å². The van der Waals surface area contributed by atoms with Crippen LogP contribution in [0.25, 0.3) is 0 Å². The number of hydrogen-bond donors (Lipinski definition) is 2. The molecule has 0 radical (unpaired) electrons. The predicted molar refractivity (Wildman–Crippen MR) is 60.9 cm³/mol. The van der Waals surface area contributed by atoms with E-state index < -0.39 is 28.7 Å². The zero-order chi connectivity index (χ0) is 14.8. The fraction of sp³-hybridized carbons (Fsp3) is 0.300. The molecule has 0 aliphatic rings. The van der Waals surface area contributed by atoms with Crippen molar-refractivity contribution in [1.82, 2.24) is 5.32 Å². The first-order valence-electron chi connectivity index (χ1n) is 4.99. The molecular weight excluding hydrogens is 285 g/mol. The van der Waals surface area contributed by atoms with E-state index in [1.807, 2.05) is 0 Å². The second-order valence-corrected chi connectivity index (χ2v) is 5.38. The van der Waals surface area contributed by atoms with Crippen molar-refractivity contribution in [2.75, 3.05) is 6.54 Å². The molecule has 9 heteroatoms. The van der Waals surface area contributed by atoms with Crippen LogP contribution in [0.15, 0.2) is 23.1 Å². The Morgan fingerprint density at radius 3 is 2.42 bits per heavy atom. The molecule has 0 saturated carbocycles. The van der Waals surface area contributed by atoms with E-state index in [4.69, 9.17) is 5.14 Å². The van der Waals surface area contributed by atoms with Crippen LogP contribution in [0.5, 0.6) is 0 Å². The first kappa shape index (κ1) is 15.4. The number of rotatable bonds is 3. The van der Waals surface area contributed by atoms with Crippen molar-refractivity contribution in [3.63, 3.8) is 0 Å². The summed E-state index contributed by atoms with van der Waals surface area (Å²) in [5, 5.41) is 6.54. The average molecular weight is 296 g/mol. The van der Waals surface area contributed by atoms with Crippen molar-refractivity contribution in [3.8, 4) is 0 Å². The molecule has 19 heavy (non-hydrogen) atoms. The Bertz CT molecular complexity index is 597. The van der Waals surface area contributed by atoms with Gasteiger partial charge in [0.2, 0.25) is 10.0 Å². The van der Waals surface area contributed by atoms with Crippen LogP contribution >= 0.6 is 0 Å². The van der Waals surface area contributed by atoms with Crippen LogP contribution in [-0.2, 0) is 10.0 Å². The summed E-state index contributed by atoms with van der Waals surface area (Å²) in [6.45, 7) is -0.0275. The second-order valence-electron chi connectivity index (χ2n) is 3.82. The molecule has 0 atom stereocenters. The minimum absolute atomic E-state index is 0.171. The molecule has 1 rings (SSSR count). The van der Waals surface area contributed by atoms with E-state index in [0.717, 1.165) is 6.07 Å². The third-order valence-electron chi connectivity index (χ3n) is 2.23. The Morgan fingerprint density at radius 1 is 1.37 bits per heavy atom. The number of alkyl halides is 3. The lowest BCUT2D eigenvalue weighted by Crippen LogP contribution is -2.34. The van der Waals surface area contributed by atoms with E-state index in [2.05, 4.69) is 0 Å². The van der Waals surface area contributed by atoms with Crippen molar-refractivity contribution in [2.45, 2.75) is 18.0 Å². The maximum absolute atomic E-state index is 12.0. The summed E-state index contributed by atoms with van der Waals surface area (Å²) in [4.78, 5) is 11.2. The van der Waals surface area contributed by atoms with Crippen LogP contribution in [0.1, 0.15) is 15.9 Å². The average Bonchev–Trinajstić information content (AvgIpc) is 2.24. The summed E-state index contributed by atoms with van der Waals surface area (Å²) in [5.74, 6) is -1.01. The number of sulfonamides is 1. The SMILES string of the molecule is Cc1ccc(S(N)(=O)=O)cc1C(=O)NCC(F)(F)F. The Hall–Kier alpha value is -1.61. The Morgan fingerprint density at radius 2 is 1.95 bits per heavy atom. The van der Waals surface area contributed by atoms with Gasteiger partial charge in [-0.15, -0.1) is 0 Å². The summed E-state index contributed by atoms with van der Waals surface area (Å²) in [7, 11) is -4.02. The highest BCUT2D eigenvalue weighted by atomic mass is 32.2. The van der Waals surface area contributed by atoms with Crippen molar-refractivity contribution in [2.24, 2.45) is 5.14 Å². The lowest BCUT2D eigenvalue weighted by Gasteiger charge is -2.10. The van der Waals surface area contributed by atoms with Gasteiger partial charge in [-0.3, -0.25) is 4.79 Å². The number of nitrogens with one attached hydrogen (secondary N) is 1. The van der Waals surface area contributed by atoms with Gasteiger partial charge in [-0.25, -0.2) is 13.6 Å². The fourth-order valence-electron chi connectivity index (χ4n) is 1.30. The van der Waals surface area contributed by atoms with E-state index in [1.54, 1.807) is 5.32 Å². The van der Waals surface area contributed by atoms with E-state index in [1.165, 1.54) is 19.1 Å². The van der Waals surface area contributed by atoms with Gasteiger partial charge in [-0.1, -0.05) is 6.07 Å². The molecule has 0 spiro atoms. The highest BCUT2D eigenvalue weighted by Gasteiger charge is 2.28. The molecule has 1 amide bonds. The maximum Gasteiger partial charge on any atom is 0.405 e. The minimum Gasteiger partial charge on any atom is -0.343 e. The quantitative estimate of drug-likeness (QED) is 0.869. The molecule has 3 N–H and O–H groups in total. The molecule has 0 bridgehead atoms. The number of hydrogen-bond acceptors (Lipinski definition) is 3. The molecule has 106 valence electrons. The Labute approximate surface area is 107 Å². The summed E-state index contributed by atoms with van der Waals surface area (Å²) in [5.41, 5.74) is 0.169. The summed E-state index contributed by atoms with van der Waals surface area (Å²) >= 11 is 0. The van der Waals surface area contributed by atoms with E-state index >= 15 is 0 Å². The topological polar surface area (TPSA) is 89.3 Å². The highest BCUT2D eigenvalue weighted by molar-refractivity contribution is 7.89. The van der Waals surface area contributed by atoms with Gasteiger partial charge in [0.05, 0.1) is 4.90 Å². The number of aryl methyl sites for hydroxylation is 1. The molecule has 0 saturated heterocycles. The van der Waals surface area contributed by atoms with Crippen LogP contribution in [0.2, 0.25) is 0 Å². The van der Waals surface area contributed by atoms with Crippen molar-refractivity contribution in [3.05, 3.63) is 29.3 Å². The number of carbonyl (C=O) groups excluding carboxylic acids is 1. The van der Waals surface area contributed by atoms with Crippen LogP contribution < -0.4 is 10.5 Å². The third kappa shape index (κ3) is 4.52. The molecule has 0 aliphatic heterocycles. The Balaban J connectivity index is 3.03. The molecule has 0 heterocycles. The summed E-state index contributed by atoms with van der Waals surface area (Å²) in [6, 6.07) is 3.41. The fourth-order valence-corrected chi connectivity index (χ4v) is 1.84. The van der Waals surface area contributed by atoms with Gasteiger partial charge >= 0.3 is 6.18 Å². The largest absolute Gasteiger partial charge is 0.405 e. The van der Waals surface area contributed by atoms with Crippen LogP contribution in [0.3, 0.4) is 0 Å². The second kappa shape index (κ2) is 5.17. The van der Waals surface area contributed by atoms with E-state index in [9.17, 15) is 26.4 Å². The van der Waals surface area contributed by atoms with Crippen molar-refractivity contribution in [1.29, 1.82) is 0 Å². The standard InChI is InChI=1S/C10H11F3N2O3S/c1-6-2-3-7(19(14,17)18)4-8(6)9(16)15-5-10(11,12)13/h2-4H,5H2,1H3,(H,15,16)(H2,14,17,18). The number of carbonyl (C=O) groups is 1. The molecular formula is C10H11F3N2O3S. The maximum atomic E-state index is 12.0. The molecule has 1 aromatic carbocycles. The highest BCUT2D eigenvalue weighted by Crippen LogP contribution is 2.16. The number of primary sulfonamides is 1. The monoisotopic (exact) mass is 296 g/mol. The number of nitrogens with two attached hydrogens (primary N) is 1. The van der Waals surface area contributed by atoms with Gasteiger partial charge in [-0.2, -0.15) is 13.2 Å². The minimum atomic E-state index is -4.54. The molecule has 0 aromatic heterocycles. The lowest BCUT2D eigenvalue weighted by atomic mass is 10.1. The van der Waals surface area contributed by atoms with E-state index in [-0.39, 0.29) is 10.5 Å². The number of amides is 1. The van der Waals surface area contributed by atoms with Crippen LogP contribution in [-0.4, -0.2) is 27.0 Å². The van der Waals surface area contributed by atoms with Gasteiger partial charge in [0, 0.05) is 5.56 Å². The Kier molecular flexibility index (Phi) is 4.21. The number of benzene rings is 1. The molecule has 5 nitrogen and oxygen atoms in total. The van der Waals surface area contributed by atoms with Crippen LogP contribution in [0, 0.1) is 6.92 Å². The molecule has 0 aliphatic carbocycles. The normalized spacial score (nSPS) is 12.3. The van der Waals surface area contributed by atoms with Crippen molar-refractivity contribution >= 4 is 15.9 Å². The zero-order valence-electron chi connectivity index (χ0n) is 9.78. The lowest BCUT2D eigenvalue weighted by molar-refractivity contribution is -0.123. The smallest absolute Gasteiger partial charge is 0.343 e. The van der Waals surface area contributed by atoms with Crippen LogP contribution in [0.4, 0.5) is 13.2 Å². The first-order valence-corrected chi connectivity index (χ1v) is 6.54. The van der Waals surface area contributed by atoms with Gasteiger partial charge < -0.3 is 5.32 Å². The third-order valence-corrected chi connectivity index (χ3v) is 3.14. The van der Waals surface area contributed by atoms with E-state index in [0.29, 0.717) is 5.56 Å². The van der Waals surface area contributed by atoms with Crippen molar-refractivity contribution < 1.29 is 26.4 Å². The predicted octanol–water partition coefficient (Wildman–Crippen LogP) is 0.935. The first-order chi connectivity index (χ1) is 8.50. The van der Waals surface area contributed by atoms with Gasteiger partial charge in [0.25, 0.3) is 5.91 Å². The molecule has 0 unspecified atom stereocenters.